The smallest absolute Gasteiger partial charge is 0.293 e. The van der Waals surface area contributed by atoms with Gasteiger partial charge >= 0.3 is 0 Å². The molecule has 4 N–H and O–H groups in total. The standard InChI is InChI=1S/C30H31N3O2.C22H27N3O.C7H4ClNO/c34-28(12-25-21-5-1-2-6-22(21)26-16-31-17-33(25)26)30-13-18-9-19(14-30)23(20(10-18)15-30)11-29-32-24-7-3-4-8-27(24)35-29;23-21-14-5-13-6-15(21)10-22(8-13,9-14)20(26)7-18-16-3-1-2-4-17(16)19-11-24-12-25(18)19;8-7-9-5-3-1-2-4-6(5)10-7/h1-8,16-20,23,25,28,34H,9-15H2;1-4,11-15,18,20-21,26H,5-10,23H2;1-4H. The van der Waals surface area contributed by atoms with Crippen molar-refractivity contribution in [3.63, 3.8) is 0 Å². The van der Waals surface area contributed by atoms with Crippen LogP contribution >= 0.6 is 11.6 Å². The zero-order valence-electron chi connectivity index (χ0n) is 40.0. The Labute approximate surface area is 418 Å². The maximum Gasteiger partial charge on any atom is 0.293 e. The molecule has 6 heterocycles. The van der Waals surface area contributed by atoms with Crippen LogP contribution in [-0.2, 0) is 6.42 Å². The van der Waals surface area contributed by atoms with E-state index in [2.05, 4.69) is 72.6 Å². The minimum Gasteiger partial charge on any atom is -0.441 e. The summed E-state index contributed by atoms with van der Waals surface area (Å²) < 4.78 is 15.7. The van der Waals surface area contributed by atoms with E-state index in [1.165, 1.54) is 72.2 Å². The van der Waals surface area contributed by atoms with E-state index in [9.17, 15) is 10.2 Å². The summed E-state index contributed by atoms with van der Waals surface area (Å²) >= 11 is 5.51. The Morgan fingerprint density at radius 3 is 1.59 bits per heavy atom. The third-order valence-corrected chi connectivity index (χ3v) is 19.6. The van der Waals surface area contributed by atoms with E-state index in [0.717, 1.165) is 84.9 Å². The third kappa shape index (κ3) is 7.38. The van der Waals surface area contributed by atoms with Gasteiger partial charge in [0.05, 0.1) is 60.7 Å². The zero-order valence-corrected chi connectivity index (χ0v) is 40.8. The number of aliphatic hydroxyl groups excluding tert-OH is 2. The molecule has 0 amide bonds. The maximum absolute atomic E-state index is 11.9. The highest BCUT2D eigenvalue weighted by Crippen LogP contribution is 2.65. The van der Waals surface area contributed by atoms with Gasteiger partial charge in [-0.2, -0.15) is 4.98 Å². The molecule has 10 aliphatic rings. The van der Waals surface area contributed by atoms with Crippen molar-refractivity contribution >= 4 is 33.8 Å². The summed E-state index contributed by atoms with van der Waals surface area (Å²) in [5.41, 5.74) is 17.6. The highest BCUT2D eigenvalue weighted by atomic mass is 35.5. The predicted octanol–water partition coefficient (Wildman–Crippen LogP) is 11.9. The fourth-order valence-electron chi connectivity index (χ4n) is 16.8. The molecule has 2 aliphatic heterocycles. The number of halogens is 1. The first kappa shape index (κ1) is 44.1. The Bertz CT molecular complexity index is 3170. The monoisotopic (exact) mass is 967 g/mol. The average molecular weight is 969 g/mol. The largest absolute Gasteiger partial charge is 0.441 e. The van der Waals surface area contributed by atoms with Crippen LogP contribution in [0.15, 0.2) is 131 Å². The second-order valence-electron chi connectivity index (χ2n) is 23.2. The first-order valence-corrected chi connectivity index (χ1v) is 26.7. The first-order valence-electron chi connectivity index (χ1n) is 26.4. The SMILES string of the molecule is Clc1nc2ccccc2o1.NC1C2CC3CC1CC(C(O)CC1c4ccccc4-c4cncn41)(C3)C2.OC(CC1c2ccccc2-c2cncn21)C12CC3CC(C1)C(Cc1nc4ccccc4o1)C(C3)C2. The Morgan fingerprint density at radius 1 is 0.592 bits per heavy atom. The Balaban J connectivity index is 0.000000114. The third-order valence-electron chi connectivity index (χ3n) is 19.4. The number of nitrogens with two attached hydrogens (primary N) is 1. The molecule has 8 aromatic rings. The minimum absolute atomic E-state index is 0.0621. The summed E-state index contributed by atoms with van der Waals surface area (Å²) in [4.78, 5) is 17.5. The van der Waals surface area contributed by atoms with Gasteiger partial charge in [-0.1, -0.05) is 72.8 Å². The lowest BCUT2D eigenvalue weighted by Gasteiger charge is -2.61. The van der Waals surface area contributed by atoms with Gasteiger partial charge in [-0.25, -0.2) is 15.0 Å². The number of imidazole rings is 2. The van der Waals surface area contributed by atoms with Crippen molar-refractivity contribution in [1.29, 1.82) is 0 Å². The molecule has 8 bridgehead atoms. The average Bonchev–Trinajstić information content (AvgIpc) is 4.25. The number of hydrogen-bond donors (Lipinski definition) is 3. The van der Waals surface area contributed by atoms with E-state index in [-0.39, 0.29) is 40.5 Å². The van der Waals surface area contributed by atoms with Crippen LogP contribution in [0.5, 0.6) is 0 Å². The zero-order chi connectivity index (χ0) is 47.6. The second-order valence-corrected chi connectivity index (χ2v) is 23.5. The van der Waals surface area contributed by atoms with Crippen molar-refractivity contribution in [1.82, 2.24) is 29.1 Å². The van der Waals surface area contributed by atoms with Gasteiger partial charge in [0, 0.05) is 23.6 Å². The van der Waals surface area contributed by atoms with E-state index >= 15 is 0 Å². The van der Waals surface area contributed by atoms with Crippen LogP contribution in [0.2, 0.25) is 5.35 Å². The lowest BCUT2D eigenvalue weighted by atomic mass is 9.44. The van der Waals surface area contributed by atoms with Crippen LogP contribution in [0, 0.1) is 52.3 Å². The molecule has 8 saturated carbocycles. The number of rotatable bonds is 8. The molecule has 8 atom stereocenters. The Hall–Kier alpha value is -5.59. The van der Waals surface area contributed by atoms with Crippen molar-refractivity contribution in [2.24, 2.45) is 58.0 Å². The van der Waals surface area contributed by atoms with E-state index in [1.54, 1.807) is 0 Å². The molecule has 12 heteroatoms. The minimum atomic E-state index is -0.285. The molecule has 0 radical (unpaired) electrons. The van der Waals surface area contributed by atoms with Crippen LogP contribution < -0.4 is 5.73 Å². The van der Waals surface area contributed by atoms with Crippen molar-refractivity contribution < 1.29 is 19.0 Å². The summed E-state index contributed by atoms with van der Waals surface area (Å²) in [5, 5.41) is 23.5. The number of hydrogen-bond acceptors (Lipinski definition) is 9. The number of para-hydroxylation sites is 4. The molecule has 8 fully saturated rings. The lowest BCUT2D eigenvalue weighted by Crippen LogP contribution is -2.60. The normalized spacial score (nSPS) is 32.7. The van der Waals surface area contributed by atoms with Gasteiger partial charge in [-0.3, -0.25) is 0 Å². The summed E-state index contributed by atoms with van der Waals surface area (Å²) in [6.45, 7) is 0. The van der Waals surface area contributed by atoms with E-state index in [4.69, 9.17) is 31.2 Å². The van der Waals surface area contributed by atoms with Crippen LogP contribution in [0.25, 0.3) is 44.7 Å². The summed E-state index contributed by atoms with van der Waals surface area (Å²) in [6, 6.07) is 33.6. The van der Waals surface area contributed by atoms with Gasteiger partial charge in [0.25, 0.3) is 5.35 Å². The maximum atomic E-state index is 11.9. The second kappa shape index (κ2) is 17.0. The quantitative estimate of drug-likeness (QED) is 0.135. The summed E-state index contributed by atoms with van der Waals surface area (Å²) in [6.07, 6.45) is 22.0. The van der Waals surface area contributed by atoms with Crippen LogP contribution in [0.1, 0.15) is 106 Å². The molecular weight excluding hydrogens is 906 g/mol. The molecule has 8 unspecified atom stereocenters. The molecule has 4 aromatic carbocycles. The topological polar surface area (TPSA) is 154 Å². The Kier molecular flexibility index (Phi) is 10.6. The van der Waals surface area contributed by atoms with Gasteiger partial charge in [0.1, 0.15) is 11.0 Å². The molecule has 0 spiro atoms. The Morgan fingerprint density at radius 2 is 1.06 bits per heavy atom. The molecule has 18 rings (SSSR count). The molecule has 4 aromatic heterocycles. The molecule has 71 heavy (non-hydrogen) atoms. The fourth-order valence-corrected chi connectivity index (χ4v) is 17.0. The van der Waals surface area contributed by atoms with Crippen molar-refractivity contribution in [3.8, 4) is 22.5 Å². The first-order chi connectivity index (χ1) is 34.7. The molecule has 364 valence electrons. The lowest BCUT2D eigenvalue weighted by molar-refractivity contribution is -0.150. The van der Waals surface area contributed by atoms with Crippen molar-refractivity contribution in [2.45, 2.75) is 114 Å². The fraction of sp³-hybridized carbons (Fsp3) is 0.458. The van der Waals surface area contributed by atoms with Crippen LogP contribution in [0.4, 0.5) is 0 Å². The van der Waals surface area contributed by atoms with Gasteiger partial charge in [-0.15, -0.1) is 0 Å². The predicted molar refractivity (Wildman–Crippen MR) is 273 cm³/mol. The van der Waals surface area contributed by atoms with Gasteiger partial charge in [-0.05, 0) is 176 Å². The summed E-state index contributed by atoms with van der Waals surface area (Å²) in [5.74, 6) is 5.70. The molecule has 8 aliphatic carbocycles. The molecule has 11 nitrogen and oxygen atoms in total. The van der Waals surface area contributed by atoms with Crippen molar-refractivity contribution in [2.75, 3.05) is 0 Å². The van der Waals surface area contributed by atoms with Crippen LogP contribution in [-0.4, -0.2) is 57.5 Å². The molecule has 0 saturated heterocycles. The number of oxazole rings is 2. The van der Waals surface area contributed by atoms with Crippen LogP contribution in [0.3, 0.4) is 0 Å². The van der Waals surface area contributed by atoms with E-state index in [1.807, 2.05) is 73.6 Å². The van der Waals surface area contributed by atoms with E-state index < -0.39 is 0 Å². The highest BCUT2D eigenvalue weighted by Gasteiger charge is 2.59. The molecular formula is C59H62ClN7O4. The number of aliphatic hydroxyl groups is 2. The number of benzene rings is 4. The van der Waals surface area contributed by atoms with Gasteiger partial charge in [0.2, 0.25) is 0 Å². The highest BCUT2D eigenvalue weighted by molar-refractivity contribution is 6.28. The van der Waals surface area contributed by atoms with Gasteiger partial charge < -0.3 is 33.9 Å². The van der Waals surface area contributed by atoms with Gasteiger partial charge in [0.15, 0.2) is 17.1 Å². The summed E-state index contributed by atoms with van der Waals surface area (Å²) in [7, 11) is 0. The number of nitrogens with zero attached hydrogens (tertiary/aromatic N) is 6. The van der Waals surface area contributed by atoms with Crippen molar-refractivity contribution in [3.05, 3.63) is 144 Å². The number of aromatic nitrogens is 6. The van der Waals surface area contributed by atoms with E-state index in [0.29, 0.717) is 35.6 Å². The number of fused-ring (bicyclic) bond motifs is 8.